The Kier molecular flexibility index (Phi) is 5.30. The van der Waals surface area contributed by atoms with Gasteiger partial charge in [0.05, 0.1) is 0 Å². The maximum Gasteiger partial charge on any atom is 0.000966 e. The van der Waals surface area contributed by atoms with Crippen molar-refractivity contribution in [2.24, 2.45) is 28.9 Å². The van der Waals surface area contributed by atoms with Gasteiger partial charge < -0.3 is 10.6 Å². The van der Waals surface area contributed by atoms with E-state index in [1.165, 1.54) is 58.2 Å². The van der Waals surface area contributed by atoms with E-state index in [-0.39, 0.29) is 0 Å². The largest absolute Gasteiger partial charge is 0.330 e. The SMILES string of the molecule is CC(C)(C)C1CCN(CC2CCC(CN)CC2)CC1. The van der Waals surface area contributed by atoms with Crippen LogP contribution in [0.25, 0.3) is 0 Å². The molecule has 2 heteroatoms. The summed E-state index contributed by atoms with van der Waals surface area (Å²) in [5.41, 5.74) is 6.28. The maximum atomic E-state index is 5.78. The smallest absolute Gasteiger partial charge is 0.000966 e. The van der Waals surface area contributed by atoms with Crippen LogP contribution < -0.4 is 5.73 Å². The number of hydrogen-bond acceptors (Lipinski definition) is 2. The van der Waals surface area contributed by atoms with E-state index < -0.39 is 0 Å². The molecule has 1 saturated carbocycles. The molecule has 1 aliphatic carbocycles. The van der Waals surface area contributed by atoms with Gasteiger partial charge in [0, 0.05) is 6.54 Å². The molecule has 1 aliphatic heterocycles. The van der Waals surface area contributed by atoms with E-state index in [9.17, 15) is 0 Å². The maximum absolute atomic E-state index is 5.78. The molecule has 19 heavy (non-hydrogen) atoms. The third-order valence-corrected chi connectivity index (χ3v) is 5.63. The highest BCUT2D eigenvalue weighted by Crippen LogP contribution is 2.35. The summed E-state index contributed by atoms with van der Waals surface area (Å²) in [6.07, 6.45) is 8.39. The van der Waals surface area contributed by atoms with Crippen LogP contribution in [-0.2, 0) is 0 Å². The summed E-state index contributed by atoms with van der Waals surface area (Å²) in [7, 11) is 0. The van der Waals surface area contributed by atoms with E-state index in [2.05, 4.69) is 25.7 Å². The van der Waals surface area contributed by atoms with Gasteiger partial charge in [-0.05, 0) is 81.3 Å². The zero-order chi connectivity index (χ0) is 13.9. The van der Waals surface area contributed by atoms with E-state index in [1.54, 1.807) is 0 Å². The van der Waals surface area contributed by atoms with Crippen LogP contribution in [-0.4, -0.2) is 31.1 Å². The first kappa shape index (κ1) is 15.3. The fraction of sp³-hybridized carbons (Fsp3) is 1.00. The van der Waals surface area contributed by atoms with Gasteiger partial charge in [-0.3, -0.25) is 0 Å². The van der Waals surface area contributed by atoms with E-state index in [1.807, 2.05) is 0 Å². The molecule has 0 radical (unpaired) electrons. The normalized spacial score (nSPS) is 31.6. The minimum Gasteiger partial charge on any atom is -0.330 e. The Bertz CT molecular complexity index is 253. The van der Waals surface area contributed by atoms with Crippen molar-refractivity contribution in [3.8, 4) is 0 Å². The third-order valence-electron chi connectivity index (χ3n) is 5.63. The van der Waals surface area contributed by atoms with Gasteiger partial charge in [-0.15, -0.1) is 0 Å². The lowest BCUT2D eigenvalue weighted by Crippen LogP contribution is -2.41. The van der Waals surface area contributed by atoms with Crippen LogP contribution in [0, 0.1) is 23.2 Å². The quantitative estimate of drug-likeness (QED) is 0.847. The molecule has 112 valence electrons. The molecule has 0 aromatic heterocycles. The average molecular weight is 266 g/mol. The van der Waals surface area contributed by atoms with E-state index in [0.717, 1.165) is 24.3 Å². The van der Waals surface area contributed by atoms with Gasteiger partial charge in [-0.1, -0.05) is 20.8 Å². The topological polar surface area (TPSA) is 29.3 Å². The summed E-state index contributed by atoms with van der Waals surface area (Å²) in [4.78, 5) is 2.73. The first-order chi connectivity index (χ1) is 8.99. The second-order valence-electron chi connectivity index (χ2n) is 8.06. The summed E-state index contributed by atoms with van der Waals surface area (Å²) in [6.45, 7) is 12.1. The van der Waals surface area contributed by atoms with E-state index in [4.69, 9.17) is 5.73 Å². The van der Waals surface area contributed by atoms with Crippen LogP contribution in [0.3, 0.4) is 0 Å². The van der Waals surface area contributed by atoms with Crippen LogP contribution in [0.1, 0.15) is 59.3 Å². The molecule has 0 atom stereocenters. The fourth-order valence-corrected chi connectivity index (χ4v) is 4.00. The highest BCUT2D eigenvalue weighted by Gasteiger charge is 2.30. The van der Waals surface area contributed by atoms with E-state index >= 15 is 0 Å². The van der Waals surface area contributed by atoms with Crippen molar-refractivity contribution in [2.75, 3.05) is 26.2 Å². The molecule has 2 rings (SSSR count). The van der Waals surface area contributed by atoms with Crippen molar-refractivity contribution in [3.63, 3.8) is 0 Å². The highest BCUT2D eigenvalue weighted by atomic mass is 15.1. The monoisotopic (exact) mass is 266 g/mol. The van der Waals surface area contributed by atoms with Gasteiger partial charge in [-0.2, -0.15) is 0 Å². The van der Waals surface area contributed by atoms with Crippen LogP contribution in [0.2, 0.25) is 0 Å². The van der Waals surface area contributed by atoms with Crippen molar-refractivity contribution in [1.82, 2.24) is 4.90 Å². The minimum atomic E-state index is 0.505. The summed E-state index contributed by atoms with van der Waals surface area (Å²) < 4.78 is 0. The van der Waals surface area contributed by atoms with Crippen LogP contribution in [0.15, 0.2) is 0 Å². The molecule has 0 amide bonds. The number of nitrogens with two attached hydrogens (primary N) is 1. The number of rotatable bonds is 3. The predicted octanol–water partition coefficient (Wildman–Crippen LogP) is 3.51. The zero-order valence-corrected chi connectivity index (χ0v) is 13.3. The van der Waals surface area contributed by atoms with Crippen molar-refractivity contribution in [2.45, 2.75) is 59.3 Å². The first-order valence-corrected chi connectivity index (χ1v) is 8.41. The highest BCUT2D eigenvalue weighted by molar-refractivity contribution is 4.82. The lowest BCUT2D eigenvalue weighted by atomic mass is 9.75. The first-order valence-electron chi connectivity index (χ1n) is 8.41. The Hall–Kier alpha value is -0.0800. The Morgan fingerprint density at radius 2 is 1.42 bits per heavy atom. The fourth-order valence-electron chi connectivity index (χ4n) is 4.00. The average Bonchev–Trinajstić information content (AvgIpc) is 2.39. The Morgan fingerprint density at radius 3 is 1.89 bits per heavy atom. The Balaban J connectivity index is 1.69. The lowest BCUT2D eigenvalue weighted by molar-refractivity contribution is 0.0916. The van der Waals surface area contributed by atoms with E-state index in [0.29, 0.717) is 5.41 Å². The molecule has 1 heterocycles. The molecule has 0 aromatic rings. The zero-order valence-electron chi connectivity index (χ0n) is 13.3. The Morgan fingerprint density at radius 1 is 0.895 bits per heavy atom. The van der Waals surface area contributed by atoms with Crippen molar-refractivity contribution in [1.29, 1.82) is 0 Å². The molecule has 0 unspecified atom stereocenters. The van der Waals surface area contributed by atoms with Crippen molar-refractivity contribution in [3.05, 3.63) is 0 Å². The summed E-state index contributed by atoms with van der Waals surface area (Å²) in [6, 6.07) is 0. The molecule has 2 nitrogen and oxygen atoms in total. The number of likely N-dealkylation sites (tertiary alicyclic amines) is 1. The number of piperidine rings is 1. The van der Waals surface area contributed by atoms with Gasteiger partial charge in [0.2, 0.25) is 0 Å². The third kappa shape index (κ3) is 4.46. The molecule has 2 N–H and O–H groups in total. The van der Waals surface area contributed by atoms with Crippen LogP contribution >= 0.6 is 0 Å². The summed E-state index contributed by atoms with van der Waals surface area (Å²) in [5, 5.41) is 0. The number of nitrogens with zero attached hydrogens (tertiary/aromatic N) is 1. The van der Waals surface area contributed by atoms with Gasteiger partial charge in [-0.25, -0.2) is 0 Å². The van der Waals surface area contributed by atoms with Crippen LogP contribution in [0.4, 0.5) is 0 Å². The Labute approximate surface area is 120 Å². The second kappa shape index (κ2) is 6.58. The van der Waals surface area contributed by atoms with Gasteiger partial charge in [0.25, 0.3) is 0 Å². The van der Waals surface area contributed by atoms with Gasteiger partial charge >= 0.3 is 0 Å². The summed E-state index contributed by atoms with van der Waals surface area (Å²) in [5.74, 6) is 2.70. The van der Waals surface area contributed by atoms with Crippen LogP contribution in [0.5, 0.6) is 0 Å². The number of hydrogen-bond donors (Lipinski definition) is 1. The van der Waals surface area contributed by atoms with Gasteiger partial charge in [0.15, 0.2) is 0 Å². The standard InChI is InChI=1S/C17H34N2/c1-17(2,3)16-8-10-19(11-9-16)13-15-6-4-14(12-18)5-7-15/h14-16H,4-13,18H2,1-3H3. The molecule has 2 fully saturated rings. The molecule has 0 spiro atoms. The lowest BCUT2D eigenvalue weighted by Gasteiger charge is -2.40. The molecule has 2 aliphatic rings. The van der Waals surface area contributed by atoms with Crippen molar-refractivity contribution >= 4 is 0 Å². The molecule has 0 aromatic carbocycles. The van der Waals surface area contributed by atoms with Crippen molar-refractivity contribution < 1.29 is 0 Å². The molecule has 0 bridgehead atoms. The molecular weight excluding hydrogens is 232 g/mol. The minimum absolute atomic E-state index is 0.505. The second-order valence-corrected chi connectivity index (χ2v) is 8.06. The predicted molar refractivity (Wildman–Crippen MR) is 83.1 cm³/mol. The molecular formula is C17H34N2. The summed E-state index contributed by atoms with van der Waals surface area (Å²) >= 11 is 0. The van der Waals surface area contributed by atoms with Gasteiger partial charge in [0.1, 0.15) is 0 Å². The molecule has 1 saturated heterocycles.